The molecule has 0 unspecified atom stereocenters. The Balaban J connectivity index is 1.51. The van der Waals surface area contributed by atoms with Gasteiger partial charge in [-0.1, -0.05) is 72.8 Å². The van der Waals surface area contributed by atoms with Gasteiger partial charge in [0.15, 0.2) is 23.0 Å². The lowest BCUT2D eigenvalue weighted by Gasteiger charge is -2.39. The van der Waals surface area contributed by atoms with Gasteiger partial charge in [-0.3, -0.25) is 0 Å². The molecule has 0 saturated carbocycles. The Bertz CT molecular complexity index is 2470. The molecule has 9 rings (SSSR count). The number of rotatable bonds is 4. The van der Waals surface area contributed by atoms with E-state index in [4.69, 9.17) is 9.47 Å². The van der Waals surface area contributed by atoms with Crippen LogP contribution in [0.4, 0.5) is 73.6 Å². The van der Waals surface area contributed by atoms with Gasteiger partial charge in [-0.25, -0.2) is 0 Å². The fourth-order valence-electron chi connectivity index (χ4n) is 7.51. The highest BCUT2D eigenvalue weighted by atomic mass is 19.4. The third-order valence-corrected chi connectivity index (χ3v) is 9.87. The Kier molecular flexibility index (Phi) is 8.46. The van der Waals surface area contributed by atoms with E-state index in [0.29, 0.717) is 12.1 Å². The van der Waals surface area contributed by atoms with Crippen molar-refractivity contribution in [2.24, 2.45) is 0 Å². The molecule has 2 heterocycles. The van der Waals surface area contributed by atoms with E-state index < -0.39 is 57.5 Å². The molecule has 0 spiro atoms. The predicted octanol–water partition coefficient (Wildman–Crippen LogP) is 15.2. The molecular formula is C45H25F9N2O2. The van der Waals surface area contributed by atoms with Crippen LogP contribution in [-0.2, 0) is 18.5 Å². The van der Waals surface area contributed by atoms with E-state index in [9.17, 15) is 26.3 Å². The summed E-state index contributed by atoms with van der Waals surface area (Å²) in [5, 5.41) is 0. The van der Waals surface area contributed by atoms with Crippen LogP contribution in [0.1, 0.15) is 16.7 Å². The number of ether oxygens (including phenoxy) is 2. The van der Waals surface area contributed by atoms with Gasteiger partial charge in [0.2, 0.25) is 0 Å². The van der Waals surface area contributed by atoms with Gasteiger partial charge in [0.05, 0.1) is 50.8 Å². The van der Waals surface area contributed by atoms with E-state index in [-0.39, 0.29) is 57.1 Å². The topological polar surface area (TPSA) is 24.9 Å². The van der Waals surface area contributed by atoms with E-state index in [1.165, 1.54) is 15.9 Å². The highest BCUT2D eigenvalue weighted by Crippen LogP contribution is 2.61. The van der Waals surface area contributed by atoms with Crippen LogP contribution in [0.3, 0.4) is 0 Å². The molecule has 58 heavy (non-hydrogen) atoms. The average molecular weight is 797 g/mol. The van der Waals surface area contributed by atoms with Gasteiger partial charge in [0.25, 0.3) is 0 Å². The number of halogens is 9. The van der Waals surface area contributed by atoms with Gasteiger partial charge in [0, 0.05) is 11.1 Å². The zero-order valence-electron chi connectivity index (χ0n) is 29.5. The van der Waals surface area contributed by atoms with Gasteiger partial charge in [-0.15, -0.1) is 0 Å². The highest BCUT2D eigenvalue weighted by molar-refractivity contribution is 6.04. The molecule has 4 nitrogen and oxygen atoms in total. The summed E-state index contributed by atoms with van der Waals surface area (Å²) in [6, 6.07) is 34.2. The van der Waals surface area contributed by atoms with Crippen LogP contribution in [-0.4, -0.2) is 0 Å². The fourth-order valence-corrected chi connectivity index (χ4v) is 7.51. The fraction of sp³-hybridized carbons (Fsp3) is 0.0667. The standard InChI is InChI=1S/C45H25F9N2O2/c46-43(47,48)28-13-9-11-26(23-28)40-34(55-30-15-1-5-19-36(30)57-37-20-6-2-16-31(37)55)25-35(56-32-17-3-7-21-38(32)58-39-22-8-4-18-33(39)56)41(42(40)45(52,53)54)27-12-10-14-29(24-27)44(49,50)51/h1-25H. The van der Waals surface area contributed by atoms with Gasteiger partial charge in [-0.2, -0.15) is 39.5 Å². The average Bonchev–Trinajstić information content (AvgIpc) is 3.20. The van der Waals surface area contributed by atoms with E-state index in [2.05, 4.69) is 0 Å². The molecule has 7 aromatic carbocycles. The molecule has 0 aliphatic carbocycles. The van der Waals surface area contributed by atoms with Crippen molar-refractivity contribution in [2.75, 3.05) is 9.80 Å². The number of nitrogens with zero attached hydrogens (tertiary/aromatic N) is 2. The normalized spacial score (nSPS) is 13.5. The van der Waals surface area contributed by atoms with Crippen molar-refractivity contribution in [3.63, 3.8) is 0 Å². The van der Waals surface area contributed by atoms with Crippen LogP contribution in [0.2, 0.25) is 0 Å². The molecule has 2 aliphatic heterocycles. The molecule has 2 aliphatic rings. The first-order valence-corrected chi connectivity index (χ1v) is 17.6. The van der Waals surface area contributed by atoms with E-state index in [1.807, 2.05) is 0 Å². The largest absolute Gasteiger partial charge is 0.453 e. The minimum atomic E-state index is -5.39. The Labute approximate surface area is 324 Å². The van der Waals surface area contributed by atoms with Crippen molar-refractivity contribution in [1.29, 1.82) is 0 Å². The van der Waals surface area contributed by atoms with Crippen molar-refractivity contribution < 1.29 is 49.0 Å². The third kappa shape index (κ3) is 6.23. The zero-order valence-corrected chi connectivity index (χ0v) is 29.5. The van der Waals surface area contributed by atoms with Crippen LogP contribution < -0.4 is 19.3 Å². The van der Waals surface area contributed by atoms with E-state index >= 15 is 13.2 Å². The van der Waals surface area contributed by atoms with Gasteiger partial charge in [0.1, 0.15) is 0 Å². The number of anilines is 6. The summed E-state index contributed by atoms with van der Waals surface area (Å²) in [5.74, 6) is 0.927. The number of alkyl halides is 9. The summed E-state index contributed by atoms with van der Waals surface area (Å²) in [4.78, 5) is 2.94. The number of para-hydroxylation sites is 8. The molecule has 290 valence electrons. The lowest BCUT2D eigenvalue weighted by atomic mass is 9.86. The quantitative estimate of drug-likeness (QED) is 0.166. The SMILES string of the molecule is FC(F)(F)c1cccc(-c2c(N3c4ccccc4Oc4ccccc43)cc(N3c4ccccc4Oc4ccccc43)c(-c3cccc(C(F)(F)F)c3)c2C(F)(F)F)c1. The molecule has 7 aromatic rings. The van der Waals surface area contributed by atoms with Crippen LogP contribution in [0.15, 0.2) is 152 Å². The Morgan fingerprint density at radius 2 is 0.655 bits per heavy atom. The Morgan fingerprint density at radius 3 is 0.966 bits per heavy atom. The maximum atomic E-state index is 16.5. The lowest BCUT2D eigenvalue weighted by Crippen LogP contribution is -2.23. The summed E-state index contributed by atoms with van der Waals surface area (Å²) in [6.07, 6.45) is -15.3. The lowest BCUT2D eigenvalue weighted by molar-refractivity contribution is -0.138. The second-order valence-corrected chi connectivity index (χ2v) is 13.4. The summed E-state index contributed by atoms with van der Waals surface area (Å²) in [7, 11) is 0. The highest BCUT2D eigenvalue weighted by Gasteiger charge is 2.44. The summed E-state index contributed by atoms with van der Waals surface area (Å²) in [6.45, 7) is 0. The summed E-state index contributed by atoms with van der Waals surface area (Å²) >= 11 is 0. The van der Waals surface area contributed by atoms with Crippen molar-refractivity contribution in [3.05, 3.63) is 168 Å². The van der Waals surface area contributed by atoms with Crippen LogP contribution in [0.25, 0.3) is 22.3 Å². The monoisotopic (exact) mass is 796 g/mol. The molecule has 0 atom stereocenters. The third-order valence-electron chi connectivity index (χ3n) is 9.87. The molecular weight excluding hydrogens is 771 g/mol. The van der Waals surface area contributed by atoms with Crippen LogP contribution in [0.5, 0.6) is 23.0 Å². The van der Waals surface area contributed by atoms with Crippen molar-refractivity contribution in [2.45, 2.75) is 18.5 Å². The second-order valence-electron chi connectivity index (χ2n) is 13.4. The van der Waals surface area contributed by atoms with Crippen molar-refractivity contribution in [3.8, 4) is 45.3 Å². The molecule has 0 amide bonds. The van der Waals surface area contributed by atoms with Gasteiger partial charge >= 0.3 is 18.5 Å². The van der Waals surface area contributed by atoms with Crippen LogP contribution >= 0.6 is 0 Å². The Hall–Kier alpha value is -6.89. The predicted molar refractivity (Wildman–Crippen MR) is 202 cm³/mol. The van der Waals surface area contributed by atoms with Crippen molar-refractivity contribution in [1.82, 2.24) is 0 Å². The zero-order chi connectivity index (χ0) is 40.6. The van der Waals surface area contributed by atoms with Gasteiger partial charge < -0.3 is 19.3 Å². The number of fused-ring (bicyclic) bond motifs is 4. The van der Waals surface area contributed by atoms with Crippen molar-refractivity contribution >= 4 is 34.1 Å². The maximum absolute atomic E-state index is 16.5. The summed E-state index contributed by atoms with van der Waals surface area (Å²) in [5.41, 5.74) is -5.78. The molecule has 0 saturated heterocycles. The Morgan fingerprint density at radius 1 is 0.328 bits per heavy atom. The van der Waals surface area contributed by atoms with Gasteiger partial charge in [-0.05, 0) is 90.0 Å². The molecule has 0 bridgehead atoms. The maximum Gasteiger partial charge on any atom is 0.417 e. The minimum absolute atomic E-state index is 0.232. The summed E-state index contributed by atoms with van der Waals surface area (Å²) < 4.78 is 148. The molecule has 13 heteroatoms. The second kappa shape index (κ2) is 13.4. The van der Waals surface area contributed by atoms with Crippen LogP contribution in [0, 0.1) is 0 Å². The number of benzene rings is 7. The molecule has 0 radical (unpaired) electrons. The molecule has 0 N–H and O–H groups in total. The number of hydrogen-bond donors (Lipinski definition) is 0. The number of hydrogen-bond acceptors (Lipinski definition) is 4. The minimum Gasteiger partial charge on any atom is -0.453 e. The van der Waals surface area contributed by atoms with E-state index in [0.717, 1.165) is 36.4 Å². The molecule has 0 aromatic heterocycles. The molecule has 0 fully saturated rings. The smallest absolute Gasteiger partial charge is 0.417 e. The first kappa shape index (κ1) is 36.7. The van der Waals surface area contributed by atoms with E-state index in [1.54, 1.807) is 97.1 Å². The first-order chi connectivity index (χ1) is 27.7. The first-order valence-electron chi connectivity index (χ1n) is 17.6.